The number of hydrogen-bond acceptors (Lipinski definition) is 4. The highest BCUT2D eigenvalue weighted by Gasteiger charge is 2.21. The number of carbonyl (C=O) groups is 1. The van der Waals surface area contributed by atoms with Gasteiger partial charge in [0.15, 0.2) is 0 Å². The molecule has 0 aromatic heterocycles. The first kappa shape index (κ1) is 13.8. The van der Waals surface area contributed by atoms with Crippen LogP contribution in [-0.4, -0.2) is 38.3 Å². The average Bonchev–Trinajstić information content (AvgIpc) is 2.47. The quantitative estimate of drug-likeness (QED) is 0.844. The van der Waals surface area contributed by atoms with E-state index >= 15 is 0 Å². The molecule has 2 rings (SSSR count). The second-order valence-corrected chi connectivity index (χ2v) is 4.43. The molecule has 1 aromatic carbocycles. The maximum atomic E-state index is 11.9. The van der Waals surface area contributed by atoms with Gasteiger partial charge in [-0.25, -0.2) is 0 Å². The van der Waals surface area contributed by atoms with Gasteiger partial charge in [-0.15, -0.1) is 0 Å². The zero-order valence-electron chi connectivity index (χ0n) is 11.1. The zero-order chi connectivity index (χ0) is 13.5. The minimum Gasteiger partial charge on any atom is -0.494 e. The van der Waals surface area contributed by atoms with E-state index in [0.29, 0.717) is 19.8 Å². The SMILES string of the molecule is CCCOc1ccc(NC(=O)C2CNCCO2)cc1. The summed E-state index contributed by atoms with van der Waals surface area (Å²) < 4.78 is 10.9. The van der Waals surface area contributed by atoms with E-state index < -0.39 is 6.10 Å². The van der Waals surface area contributed by atoms with E-state index in [4.69, 9.17) is 9.47 Å². The van der Waals surface area contributed by atoms with Crippen LogP contribution >= 0.6 is 0 Å². The Balaban J connectivity index is 1.86. The van der Waals surface area contributed by atoms with Crippen molar-refractivity contribution >= 4 is 11.6 Å². The van der Waals surface area contributed by atoms with Crippen LogP contribution < -0.4 is 15.4 Å². The smallest absolute Gasteiger partial charge is 0.254 e. The van der Waals surface area contributed by atoms with E-state index in [1.54, 1.807) is 0 Å². The summed E-state index contributed by atoms with van der Waals surface area (Å²) in [6.45, 7) is 4.69. The molecule has 0 aliphatic carbocycles. The number of amides is 1. The van der Waals surface area contributed by atoms with Crippen molar-refractivity contribution in [1.82, 2.24) is 5.32 Å². The molecule has 1 atom stereocenters. The Morgan fingerprint density at radius 3 is 2.89 bits per heavy atom. The summed E-state index contributed by atoms with van der Waals surface area (Å²) >= 11 is 0. The van der Waals surface area contributed by atoms with Gasteiger partial charge in [0.2, 0.25) is 0 Å². The van der Waals surface area contributed by atoms with Crippen LogP contribution in [0.2, 0.25) is 0 Å². The van der Waals surface area contributed by atoms with Crippen molar-refractivity contribution in [1.29, 1.82) is 0 Å². The lowest BCUT2D eigenvalue weighted by Crippen LogP contribution is -2.45. The van der Waals surface area contributed by atoms with Crippen LogP contribution in [0.4, 0.5) is 5.69 Å². The van der Waals surface area contributed by atoms with Crippen molar-refractivity contribution < 1.29 is 14.3 Å². The van der Waals surface area contributed by atoms with Gasteiger partial charge < -0.3 is 20.1 Å². The summed E-state index contributed by atoms with van der Waals surface area (Å²) in [6.07, 6.45) is 0.564. The molecule has 0 spiro atoms. The summed E-state index contributed by atoms with van der Waals surface area (Å²) in [5.41, 5.74) is 0.753. The maximum absolute atomic E-state index is 11.9. The predicted molar refractivity (Wildman–Crippen MR) is 73.5 cm³/mol. The maximum Gasteiger partial charge on any atom is 0.254 e. The summed E-state index contributed by atoms with van der Waals surface area (Å²) in [6, 6.07) is 7.37. The lowest BCUT2D eigenvalue weighted by Gasteiger charge is -2.22. The number of rotatable bonds is 5. The lowest BCUT2D eigenvalue weighted by molar-refractivity contribution is -0.128. The minimum absolute atomic E-state index is 0.116. The first-order chi connectivity index (χ1) is 9.29. The van der Waals surface area contributed by atoms with Gasteiger partial charge in [-0.2, -0.15) is 0 Å². The molecule has 104 valence electrons. The Hall–Kier alpha value is -1.59. The minimum atomic E-state index is -0.412. The summed E-state index contributed by atoms with van der Waals surface area (Å²) in [7, 11) is 0. The molecule has 1 amide bonds. The first-order valence-corrected chi connectivity index (χ1v) is 6.65. The molecule has 1 aromatic rings. The van der Waals surface area contributed by atoms with Crippen LogP contribution in [0, 0.1) is 0 Å². The molecule has 1 aliphatic heterocycles. The molecular weight excluding hydrogens is 244 g/mol. The number of nitrogens with one attached hydrogen (secondary N) is 2. The Morgan fingerprint density at radius 2 is 2.26 bits per heavy atom. The van der Waals surface area contributed by atoms with E-state index in [2.05, 4.69) is 17.6 Å². The monoisotopic (exact) mass is 264 g/mol. The van der Waals surface area contributed by atoms with E-state index in [1.807, 2.05) is 24.3 Å². The molecule has 0 bridgehead atoms. The van der Waals surface area contributed by atoms with Crippen LogP contribution in [0.1, 0.15) is 13.3 Å². The highest BCUT2D eigenvalue weighted by Crippen LogP contribution is 2.16. The van der Waals surface area contributed by atoms with E-state index in [-0.39, 0.29) is 5.91 Å². The molecule has 1 saturated heterocycles. The fraction of sp³-hybridized carbons (Fsp3) is 0.500. The number of morpholine rings is 1. The Morgan fingerprint density at radius 1 is 1.47 bits per heavy atom. The van der Waals surface area contributed by atoms with Crippen molar-refractivity contribution in [3.63, 3.8) is 0 Å². The van der Waals surface area contributed by atoms with Crippen molar-refractivity contribution in [2.45, 2.75) is 19.4 Å². The van der Waals surface area contributed by atoms with Crippen molar-refractivity contribution in [2.24, 2.45) is 0 Å². The molecule has 0 saturated carbocycles. The third-order valence-corrected chi connectivity index (χ3v) is 2.81. The third-order valence-electron chi connectivity index (χ3n) is 2.81. The third kappa shape index (κ3) is 4.22. The van der Waals surface area contributed by atoms with Crippen molar-refractivity contribution in [3.05, 3.63) is 24.3 Å². The molecule has 1 heterocycles. The standard InChI is InChI=1S/C14H20N2O3/c1-2-8-18-12-5-3-11(4-6-12)16-14(17)13-10-15-7-9-19-13/h3-6,13,15H,2,7-10H2,1H3,(H,16,17). The molecule has 5 heteroatoms. The number of anilines is 1. The first-order valence-electron chi connectivity index (χ1n) is 6.65. The van der Waals surface area contributed by atoms with Crippen LogP contribution in [-0.2, 0) is 9.53 Å². The van der Waals surface area contributed by atoms with Gasteiger partial charge in [0.05, 0.1) is 13.2 Å². The van der Waals surface area contributed by atoms with Gasteiger partial charge in [0, 0.05) is 18.8 Å². The summed E-state index contributed by atoms with van der Waals surface area (Å²) in [4.78, 5) is 11.9. The fourth-order valence-electron chi connectivity index (χ4n) is 1.81. The Labute approximate surface area is 113 Å². The molecule has 1 fully saturated rings. The fourth-order valence-corrected chi connectivity index (χ4v) is 1.81. The summed E-state index contributed by atoms with van der Waals surface area (Å²) in [5, 5.41) is 5.96. The van der Waals surface area contributed by atoms with E-state index in [9.17, 15) is 4.79 Å². The molecule has 0 radical (unpaired) electrons. The molecular formula is C14H20N2O3. The zero-order valence-corrected chi connectivity index (χ0v) is 11.1. The number of hydrogen-bond donors (Lipinski definition) is 2. The van der Waals surface area contributed by atoms with E-state index in [0.717, 1.165) is 24.4 Å². The lowest BCUT2D eigenvalue weighted by atomic mass is 10.2. The largest absolute Gasteiger partial charge is 0.494 e. The van der Waals surface area contributed by atoms with E-state index in [1.165, 1.54) is 0 Å². The van der Waals surface area contributed by atoms with Gasteiger partial charge >= 0.3 is 0 Å². The molecule has 1 aliphatic rings. The second-order valence-electron chi connectivity index (χ2n) is 4.43. The topological polar surface area (TPSA) is 59.6 Å². The Kier molecular flexibility index (Phi) is 5.18. The average molecular weight is 264 g/mol. The van der Waals surface area contributed by atoms with Crippen LogP contribution in [0.3, 0.4) is 0 Å². The highest BCUT2D eigenvalue weighted by atomic mass is 16.5. The molecule has 19 heavy (non-hydrogen) atoms. The predicted octanol–water partition coefficient (Wildman–Crippen LogP) is 1.40. The second kappa shape index (κ2) is 7.11. The molecule has 5 nitrogen and oxygen atoms in total. The number of carbonyl (C=O) groups excluding carboxylic acids is 1. The van der Waals surface area contributed by atoms with Gasteiger partial charge in [-0.3, -0.25) is 4.79 Å². The van der Waals surface area contributed by atoms with Crippen LogP contribution in [0.25, 0.3) is 0 Å². The van der Waals surface area contributed by atoms with Crippen LogP contribution in [0.5, 0.6) is 5.75 Å². The number of ether oxygens (including phenoxy) is 2. The highest BCUT2D eigenvalue weighted by molar-refractivity contribution is 5.94. The van der Waals surface area contributed by atoms with Crippen LogP contribution in [0.15, 0.2) is 24.3 Å². The van der Waals surface area contributed by atoms with Gasteiger partial charge in [-0.1, -0.05) is 6.92 Å². The van der Waals surface area contributed by atoms with Crippen molar-refractivity contribution in [2.75, 3.05) is 31.6 Å². The van der Waals surface area contributed by atoms with Gasteiger partial charge in [-0.05, 0) is 30.7 Å². The van der Waals surface area contributed by atoms with Gasteiger partial charge in [0.1, 0.15) is 11.9 Å². The Bertz CT molecular complexity index is 400. The number of benzene rings is 1. The van der Waals surface area contributed by atoms with Gasteiger partial charge in [0.25, 0.3) is 5.91 Å². The molecule has 2 N–H and O–H groups in total. The van der Waals surface area contributed by atoms with Crippen molar-refractivity contribution in [3.8, 4) is 5.75 Å². The molecule has 1 unspecified atom stereocenters. The normalized spacial score (nSPS) is 18.9. The summed E-state index contributed by atoms with van der Waals surface area (Å²) in [5.74, 6) is 0.699.